The number of fused-ring (bicyclic) bond motifs is 1. The molecule has 178 valence electrons. The second-order valence-corrected chi connectivity index (χ2v) is 8.00. The molecule has 0 saturated carbocycles. The summed E-state index contributed by atoms with van der Waals surface area (Å²) in [6, 6.07) is 5.06. The van der Waals surface area contributed by atoms with E-state index in [2.05, 4.69) is 39.0 Å². The number of benzene rings is 1. The van der Waals surface area contributed by atoms with Crippen molar-refractivity contribution in [1.82, 2.24) is 0 Å². The van der Waals surface area contributed by atoms with Crippen LogP contribution in [0, 0.1) is 0 Å². The lowest BCUT2D eigenvalue weighted by molar-refractivity contribution is -0.131. The van der Waals surface area contributed by atoms with E-state index < -0.39 is 11.6 Å². The van der Waals surface area contributed by atoms with Gasteiger partial charge in [-0.1, -0.05) is 36.3 Å². The molecule has 0 bridgehead atoms. The molecule has 0 radical (unpaired) electrons. The quantitative estimate of drug-likeness (QED) is 0.157. The van der Waals surface area contributed by atoms with Crippen molar-refractivity contribution < 1.29 is 23.4 Å². The van der Waals surface area contributed by atoms with Crippen LogP contribution >= 0.6 is 0 Å². The van der Waals surface area contributed by atoms with E-state index in [1.165, 1.54) is 12.5 Å². The highest BCUT2D eigenvalue weighted by atomic mass is 16.6. The van der Waals surface area contributed by atoms with Gasteiger partial charge in [-0.15, -0.1) is 0 Å². The first kappa shape index (κ1) is 26.0. The Bertz CT molecular complexity index is 1080. The lowest BCUT2D eigenvalue weighted by Crippen LogP contribution is -2.12. The molecule has 0 aliphatic carbocycles. The number of hydrogen-bond donors (Lipinski definition) is 0. The maximum Gasteiger partial charge on any atom is 0.383 e. The van der Waals surface area contributed by atoms with Gasteiger partial charge >= 0.3 is 11.6 Å². The van der Waals surface area contributed by atoms with Crippen molar-refractivity contribution in [2.75, 3.05) is 13.2 Å². The Labute approximate surface area is 195 Å². The fourth-order valence-corrected chi connectivity index (χ4v) is 3.08. The van der Waals surface area contributed by atoms with E-state index in [1.54, 1.807) is 18.2 Å². The maximum absolute atomic E-state index is 12.6. The lowest BCUT2D eigenvalue weighted by atomic mass is 10.1. The van der Waals surface area contributed by atoms with Crippen LogP contribution < -0.4 is 19.8 Å². The van der Waals surface area contributed by atoms with Gasteiger partial charge in [0.2, 0.25) is 5.75 Å². The minimum absolute atomic E-state index is 0.0572. The molecule has 1 heterocycles. The van der Waals surface area contributed by atoms with E-state index in [4.69, 9.17) is 18.6 Å². The summed E-state index contributed by atoms with van der Waals surface area (Å²) in [6.45, 7) is 10.2. The van der Waals surface area contributed by atoms with E-state index in [1.807, 2.05) is 13.0 Å². The van der Waals surface area contributed by atoms with Gasteiger partial charge in [-0.25, -0.2) is 4.79 Å². The van der Waals surface area contributed by atoms with Crippen LogP contribution in [0.5, 0.6) is 17.2 Å². The molecule has 33 heavy (non-hydrogen) atoms. The molecule has 0 spiro atoms. The Morgan fingerprint density at radius 3 is 2.48 bits per heavy atom. The number of carbonyl (C=O) groups is 1. The normalized spacial score (nSPS) is 11.6. The zero-order valence-corrected chi connectivity index (χ0v) is 20.2. The van der Waals surface area contributed by atoms with Crippen LogP contribution in [0.4, 0.5) is 0 Å². The number of allylic oxidation sites excluding steroid dienone is 4. The molecule has 2 rings (SSSR count). The largest absolute Gasteiger partial charge is 0.493 e. The molecule has 0 fully saturated rings. The summed E-state index contributed by atoms with van der Waals surface area (Å²) >= 11 is 0. The van der Waals surface area contributed by atoms with Crippen LogP contribution in [-0.2, 0) is 4.79 Å². The summed E-state index contributed by atoms with van der Waals surface area (Å²) in [5.41, 5.74) is 1.97. The van der Waals surface area contributed by atoms with E-state index in [0.29, 0.717) is 17.7 Å². The Morgan fingerprint density at radius 1 is 1.00 bits per heavy atom. The standard InChI is InChI=1S/C27H34O6/c1-6-7-8-9-16-30-22-13-14-23-24(18-22)33-27(29)26(25(23)32-21(5)28)31-17-15-20(4)12-10-11-19(2)3/h7-8,11,13-15,18H,6,9-10,12,16-17H2,1-5H3/b8-7+,20-15+. The van der Waals surface area contributed by atoms with Crippen molar-refractivity contribution in [3.63, 3.8) is 0 Å². The highest BCUT2D eigenvalue weighted by Gasteiger charge is 2.20. The van der Waals surface area contributed by atoms with Crippen molar-refractivity contribution in [2.24, 2.45) is 0 Å². The van der Waals surface area contributed by atoms with Crippen LogP contribution in [0.1, 0.15) is 60.3 Å². The van der Waals surface area contributed by atoms with E-state index in [0.717, 1.165) is 31.3 Å². The summed E-state index contributed by atoms with van der Waals surface area (Å²) < 4.78 is 22.2. The lowest BCUT2D eigenvalue weighted by Gasteiger charge is -2.12. The third-order valence-corrected chi connectivity index (χ3v) is 4.74. The van der Waals surface area contributed by atoms with Gasteiger partial charge in [-0.3, -0.25) is 4.79 Å². The van der Waals surface area contributed by atoms with Gasteiger partial charge in [0, 0.05) is 13.0 Å². The van der Waals surface area contributed by atoms with Gasteiger partial charge in [-0.05, 0) is 64.7 Å². The Balaban J connectivity index is 2.23. The second kappa shape index (κ2) is 13.3. The summed E-state index contributed by atoms with van der Waals surface area (Å²) in [4.78, 5) is 24.4. The number of ether oxygens (including phenoxy) is 3. The maximum atomic E-state index is 12.6. The highest BCUT2D eigenvalue weighted by molar-refractivity contribution is 5.89. The van der Waals surface area contributed by atoms with E-state index >= 15 is 0 Å². The zero-order valence-electron chi connectivity index (χ0n) is 20.2. The van der Waals surface area contributed by atoms with Crippen molar-refractivity contribution in [2.45, 2.75) is 60.3 Å². The van der Waals surface area contributed by atoms with Crippen LogP contribution in [0.2, 0.25) is 0 Å². The van der Waals surface area contributed by atoms with Crippen molar-refractivity contribution in [3.8, 4) is 17.2 Å². The van der Waals surface area contributed by atoms with E-state index in [-0.39, 0.29) is 23.7 Å². The first-order valence-electron chi connectivity index (χ1n) is 11.3. The van der Waals surface area contributed by atoms with Crippen LogP contribution in [0.25, 0.3) is 11.0 Å². The number of esters is 1. The number of rotatable bonds is 12. The fraction of sp³-hybridized carbons (Fsp3) is 0.407. The molecule has 0 N–H and O–H groups in total. The summed E-state index contributed by atoms with van der Waals surface area (Å²) in [7, 11) is 0. The Morgan fingerprint density at radius 2 is 1.79 bits per heavy atom. The SMILES string of the molecule is CC/C=C/CCOc1ccc2c(OC(C)=O)c(OC/C=C(\C)CCC=C(C)C)c(=O)oc2c1. The van der Waals surface area contributed by atoms with Crippen molar-refractivity contribution in [3.05, 3.63) is 64.1 Å². The predicted octanol–water partition coefficient (Wildman–Crippen LogP) is 6.52. The molecule has 2 aromatic rings. The van der Waals surface area contributed by atoms with Crippen LogP contribution in [-0.4, -0.2) is 19.2 Å². The third kappa shape index (κ3) is 8.64. The van der Waals surface area contributed by atoms with E-state index in [9.17, 15) is 9.59 Å². The van der Waals surface area contributed by atoms with Gasteiger partial charge in [0.15, 0.2) is 5.75 Å². The fourth-order valence-electron chi connectivity index (χ4n) is 3.08. The predicted molar refractivity (Wildman–Crippen MR) is 131 cm³/mol. The topological polar surface area (TPSA) is 75.0 Å². The molecule has 0 aliphatic rings. The average molecular weight is 455 g/mol. The summed E-state index contributed by atoms with van der Waals surface area (Å²) in [6.07, 6.45) is 11.8. The smallest absolute Gasteiger partial charge is 0.383 e. The molecule has 0 amide bonds. The highest BCUT2D eigenvalue weighted by Crippen LogP contribution is 2.35. The van der Waals surface area contributed by atoms with Gasteiger partial charge in [-0.2, -0.15) is 0 Å². The summed E-state index contributed by atoms with van der Waals surface area (Å²) in [5.74, 6) is -0.0534. The molecule has 0 saturated heterocycles. The molecule has 6 heteroatoms. The molecular weight excluding hydrogens is 420 g/mol. The minimum Gasteiger partial charge on any atom is -0.493 e. The first-order chi connectivity index (χ1) is 15.8. The van der Waals surface area contributed by atoms with Crippen molar-refractivity contribution in [1.29, 1.82) is 0 Å². The average Bonchev–Trinajstić information content (AvgIpc) is 2.74. The van der Waals surface area contributed by atoms with Crippen LogP contribution in [0.15, 0.2) is 62.9 Å². The van der Waals surface area contributed by atoms with Crippen molar-refractivity contribution >= 4 is 16.9 Å². The molecule has 6 nitrogen and oxygen atoms in total. The van der Waals surface area contributed by atoms with Crippen LogP contribution in [0.3, 0.4) is 0 Å². The molecule has 0 aliphatic heterocycles. The number of carbonyl (C=O) groups excluding carboxylic acids is 1. The zero-order chi connectivity index (χ0) is 24.2. The molecular formula is C27H34O6. The monoisotopic (exact) mass is 454 g/mol. The Hall–Kier alpha value is -3.28. The summed E-state index contributed by atoms with van der Waals surface area (Å²) in [5, 5.41) is 0.460. The third-order valence-electron chi connectivity index (χ3n) is 4.74. The van der Waals surface area contributed by atoms with Gasteiger partial charge in [0.25, 0.3) is 0 Å². The first-order valence-corrected chi connectivity index (χ1v) is 11.3. The minimum atomic E-state index is -0.711. The number of hydrogen-bond acceptors (Lipinski definition) is 6. The second-order valence-electron chi connectivity index (χ2n) is 8.00. The van der Waals surface area contributed by atoms with Gasteiger partial charge in [0.1, 0.15) is 17.9 Å². The molecule has 0 unspecified atom stereocenters. The van der Waals surface area contributed by atoms with Gasteiger partial charge in [0.05, 0.1) is 12.0 Å². The molecule has 1 aromatic carbocycles. The Kier molecular flexibility index (Phi) is 10.5. The molecule has 0 atom stereocenters. The van der Waals surface area contributed by atoms with Gasteiger partial charge < -0.3 is 18.6 Å². The molecule has 1 aromatic heterocycles.